The van der Waals surface area contributed by atoms with Crippen LogP contribution in [0, 0.1) is 5.92 Å². The Hall–Kier alpha value is -2.95. The van der Waals surface area contributed by atoms with Crippen LogP contribution >= 0.6 is 0 Å². The minimum Gasteiger partial charge on any atom is -0.326 e. The number of carbonyl (C=O) groups is 2. The quantitative estimate of drug-likeness (QED) is 0.485. The van der Waals surface area contributed by atoms with E-state index < -0.39 is 0 Å². The van der Waals surface area contributed by atoms with Crippen molar-refractivity contribution in [1.82, 2.24) is 5.43 Å². The Balaban J connectivity index is 1.57. The van der Waals surface area contributed by atoms with Gasteiger partial charge in [-0.1, -0.05) is 64.3 Å². The topological polar surface area (TPSA) is 70.6 Å². The number of hydrogen-bond donors (Lipinski definition) is 2. The Morgan fingerprint density at radius 2 is 1.45 bits per heavy atom. The normalized spacial score (nSPS) is 15.4. The molecule has 0 aliphatic heterocycles. The Kier molecular flexibility index (Phi) is 7.26. The van der Waals surface area contributed by atoms with Crippen LogP contribution in [-0.4, -0.2) is 17.5 Å². The van der Waals surface area contributed by atoms with Crippen molar-refractivity contribution in [1.29, 1.82) is 0 Å². The maximum absolute atomic E-state index is 12.4. The minimum absolute atomic E-state index is 0.0474. The molecule has 0 saturated heterocycles. The van der Waals surface area contributed by atoms with Crippen LogP contribution in [0.25, 0.3) is 0 Å². The van der Waals surface area contributed by atoms with Gasteiger partial charge in [0, 0.05) is 17.2 Å². The van der Waals surface area contributed by atoms with Gasteiger partial charge in [-0.2, -0.15) is 5.10 Å². The molecular weight excluding hydrogens is 386 g/mol. The van der Waals surface area contributed by atoms with E-state index in [4.69, 9.17) is 0 Å². The van der Waals surface area contributed by atoms with Crippen molar-refractivity contribution in [2.45, 2.75) is 65.2 Å². The molecule has 0 heterocycles. The van der Waals surface area contributed by atoms with Crippen LogP contribution in [0.3, 0.4) is 0 Å². The number of carbonyl (C=O) groups excluding carboxylic acids is 2. The highest BCUT2D eigenvalue weighted by Crippen LogP contribution is 2.25. The van der Waals surface area contributed by atoms with E-state index in [0.29, 0.717) is 11.3 Å². The van der Waals surface area contributed by atoms with Crippen molar-refractivity contribution in [3.63, 3.8) is 0 Å². The molecule has 2 amide bonds. The third-order valence-electron chi connectivity index (χ3n) is 5.88. The lowest BCUT2D eigenvalue weighted by molar-refractivity contribution is -0.120. The number of nitrogens with zero attached hydrogens (tertiary/aromatic N) is 1. The Morgan fingerprint density at radius 3 is 2.03 bits per heavy atom. The molecule has 0 bridgehead atoms. The third kappa shape index (κ3) is 6.27. The summed E-state index contributed by atoms with van der Waals surface area (Å²) >= 11 is 0. The molecule has 2 aromatic rings. The van der Waals surface area contributed by atoms with E-state index in [1.165, 1.54) is 12.0 Å². The standard InChI is InChI=1S/C26H33N3O2/c1-18(28-29-25(31)21-10-14-22(15-11-21)26(2,3)4)19-12-16-23(17-13-19)27-24(30)20-8-6-5-7-9-20/h10-17,20H,5-9H2,1-4H3,(H,27,30)(H,29,31)/b28-18+. The van der Waals surface area contributed by atoms with Crippen molar-refractivity contribution < 1.29 is 9.59 Å². The number of anilines is 1. The molecule has 5 heteroatoms. The molecule has 2 aromatic carbocycles. The number of hydrogen-bond acceptors (Lipinski definition) is 3. The molecule has 1 aliphatic carbocycles. The van der Waals surface area contributed by atoms with Crippen LogP contribution < -0.4 is 10.7 Å². The van der Waals surface area contributed by atoms with Gasteiger partial charge in [0.2, 0.25) is 5.91 Å². The molecular formula is C26H33N3O2. The predicted molar refractivity (Wildman–Crippen MR) is 126 cm³/mol. The average Bonchev–Trinajstić information content (AvgIpc) is 2.78. The first-order valence-corrected chi connectivity index (χ1v) is 11.1. The van der Waals surface area contributed by atoms with E-state index in [2.05, 4.69) is 36.6 Å². The highest BCUT2D eigenvalue weighted by atomic mass is 16.2. The van der Waals surface area contributed by atoms with Gasteiger partial charge in [-0.15, -0.1) is 0 Å². The Bertz CT molecular complexity index is 932. The molecule has 0 atom stereocenters. The highest BCUT2D eigenvalue weighted by molar-refractivity contribution is 6.01. The number of hydrazone groups is 1. The van der Waals surface area contributed by atoms with Gasteiger partial charge in [0.25, 0.3) is 5.91 Å². The fourth-order valence-corrected chi connectivity index (χ4v) is 3.79. The van der Waals surface area contributed by atoms with E-state index in [-0.39, 0.29) is 23.1 Å². The van der Waals surface area contributed by atoms with Gasteiger partial charge in [-0.3, -0.25) is 9.59 Å². The Labute approximate surface area is 185 Å². The summed E-state index contributed by atoms with van der Waals surface area (Å²) in [7, 11) is 0. The van der Waals surface area contributed by atoms with Crippen LogP contribution in [0.15, 0.2) is 53.6 Å². The molecule has 0 unspecified atom stereocenters. The summed E-state index contributed by atoms with van der Waals surface area (Å²) in [6.45, 7) is 8.27. The van der Waals surface area contributed by atoms with Gasteiger partial charge in [0.05, 0.1) is 5.71 Å². The molecule has 0 radical (unpaired) electrons. The number of benzene rings is 2. The van der Waals surface area contributed by atoms with Gasteiger partial charge in [0.15, 0.2) is 0 Å². The van der Waals surface area contributed by atoms with Gasteiger partial charge in [-0.05, 0) is 60.6 Å². The summed E-state index contributed by atoms with van der Waals surface area (Å²) in [5.41, 5.74) is 6.80. The second-order valence-corrected chi connectivity index (χ2v) is 9.37. The lowest BCUT2D eigenvalue weighted by Crippen LogP contribution is -2.24. The van der Waals surface area contributed by atoms with Gasteiger partial charge in [0.1, 0.15) is 0 Å². The van der Waals surface area contributed by atoms with Crippen LogP contribution in [0.1, 0.15) is 81.3 Å². The predicted octanol–water partition coefficient (Wildman–Crippen LogP) is 5.66. The average molecular weight is 420 g/mol. The lowest BCUT2D eigenvalue weighted by Gasteiger charge is -2.20. The summed E-state index contributed by atoms with van der Waals surface area (Å²) in [4.78, 5) is 24.8. The van der Waals surface area contributed by atoms with Gasteiger partial charge < -0.3 is 5.32 Å². The molecule has 5 nitrogen and oxygen atoms in total. The summed E-state index contributed by atoms with van der Waals surface area (Å²) < 4.78 is 0. The largest absolute Gasteiger partial charge is 0.326 e. The zero-order valence-corrected chi connectivity index (χ0v) is 19.0. The first kappa shape index (κ1) is 22.7. The van der Waals surface area contributed by atoms with Crippen molar-refractivity contribution in [3.05, 3.63) is 65.2 Å². The van der Waals surface area contributed by atoms with Crippen LogP contribution in [-0.2, 0) is 10.2 Å². The minimum atomic E-state index is -0.240. The summed E-state index contributed by atoms with van der Waals surface area (Å²) in [5.74, 6) is 0.00292. The van der Waals surface area contributed by atoms with E-state index in [1.54, 1.807) is 0 Å². The zero-order chi connectivity index (χ0) is 22.4. The van der Waals surface area contributed by atoms with Crippen LogP contribution in [0.5, 0.6) is 0 Å². The molecule has 1 fully saturated rings. The first-order chi connectivity index (χ1) is 14.7. The molecule has 2 N–H and O–H groups in total. The monoisotopic (exact) mass is 419 g/mol. The molecule has 1 saturated carbocycles. The Morgan fingerprint density at radius 1 is 0.871 bits per heavy atom. The van der Waals surface area contributed by atoms with Crippen molar-refractivity contribution in [2.75, 3.05) is 5.32 Å². The number of amides is 2. The zero-order valence-electron chi connectivity index (χ0n) is 19.0. The van der Waals surface area contributed by atoms with Crippen molar-refractivity contribution in [2.24, 2.45) is 11.0 Å². The molecule has 3 rings (SSSR count). The molecule has 164 valence electrons. The van der Waals surface area contributed by atoms with E-state index in [0.717, 1.165) is 36.9 Å². The second kappa shape index (κ2) is 9.90. The maximum Gasteiger partial charge on any atom is 0.271 e. The molecule has 0 spiro atoms. The molecule has 0 aromatic heterocycles. The van der Waals surface area contributed by atoms with E-state index in [9.17, 15) is 9.59 Å². The second-order valence-electron chi connectivity index (χ2n) is 9.37. The maximum atomic E-state index is 12.4. The van der Waals surface area contributed by atoms with Crippen molar-refractivity contribution in [3.8, 4) is 0 Å². The lowest BCUT2D eigenvalue weighted by atomic mass is 9.87. The number of rotatable bonds is 5. The first-order valence-electron chi connectivity index (χ1n) is 11.1. The molecule has 1 aliphatic rings. The van der Waals surface area contributed by atoms with Gasteiger partial charge in [-0.25, -0.2) is 5.43 Å². The smallest absolute Gasteiger partial charge is 0.271 e. The van der Waals surface area contributed by atoms with Crippen LogP contribution in [0.2, 0.25) is 0 Å². The fraction of sp³-hybridized carbons (Fsp3) is 0.423. The molecule has 31 heavy (non-hydrogen) atoms. The summed E-state index contributed by atoms with van der Waals surface area (Å²) in [6.07, 6.45) is 5.47. The summed E-state index contributed by atoms with van der Waals surface area (Å²) in [5, 5.41) is 7.25. The van der Waals surface area contributed by atoms with Crippen molar-refractivity contribution >= 4 is 23.2 Å². The summed E-state index contributed by atoms with van der Waals surface area (Å²) in [6, 6.07) is 15.2. The third-order valence-corrected chi connectivity index (χ3v) is 5.88. The number of nitrogens with one attached hydrogen (secondary N) is 2. The van der Waals surface area contributed by atoms with Crippen LogP contribution in [0.4, 0.5) is 5.69 Å². The SMILES string of the molecule is C/C(=N\NC(=O)c1ccc(C(C)(C)C)cc1)c1ccc(NC(=O)C2CCCCC2)cc1. The highest BCUT2D eigenvalue weighted by Gasteiger charge is 2.21. The van der Waals surface area contributed by atoms with E-state index >= 15 is 0 Å². The fourth-order valence-electron chi connectivity index (χ4n) is 3.79. The van der Waals surface area contributed by atoms with Gasteiger partial charge >= 0.3 is 0 Å². The van der Waals surface area contributed by atoms with E-state index in [1.807, 2.05) is 55.5 Å².